The minimum atomic E-state index is -0.932. The Morgan fingerprint density at radius 1 is 0.828 bits per heavy atom. The van der Waals surface area contributed by atoms with Crippen LogP contribution in [0.25, 0.3) is 0 Å². The van der Waals surface area contributed by atoms with Gasteiger partial charge in [0.2, 0.25) is 5.91 Å². The van der Waals surface area contributed by atoms with Crippen LogP contribution >= 0.6 is 0 Å². The third-order valence-corrected chi connectivity index (χ3v) is 15.8. The number of hydrogen-bond donors (Lipinski definition) is 6. The summed E-state index contributed by atoms with van der Waals surface area (Å²) in [4.78, 5) is 23.3. The highest BCUT2D eigenvalue weighted by molar-refractivity contribution is 5.91. The third kappa shape index (κ3) is 7.60. The Morgan fingerprint density at radius 2 is 1.55 bits per heavy atom. The predicted octanol–water partition coefficient (Wildman–Crippen LogP) is 8.46. The quantitative estimate of drug-likeness (QED) is 0.0839. The number of hydrogen-bond acceptors (Lipinski definition) is 8. The van der Waals surface area contributed by atoms with E-state index in [-0.39, 0.29) is 52.4 Å². The molecule has 2 heterocycles. The van der Waals surface area contributed by atoms with Crippen LogP contribution in [-0.4, -0.2) is 54.6 Å². The molecule has 308 valence electrons. The molecule has 8 rings (SSSR count). The van der Waals surface area contributed by atoms with Gasteiger partial charge in [0.1, 0.15) is 5.82 Å². The van der Waals surface area contributed by atoms with Gasteiger partial charge in [-0.2, -0.15) is 0 Å². The maximum Gasteiger partial charge on any atom is 0.224 e. The molecule has 2 aromatic carbocycles. The molecule has 4 aromatic rings. The molecule has 4 saturated carbocycles. The van der Waals surface area contributed by atoms with Crippen molar-refractivity contribution in [2.75, 3.05) is 10.6 Å². The van der Waals surface area contributed by atoms with Gasteiger partial charge in [0.25, 0.3) is 0 Å². The first kappa shape index (κ1) is 40.6. The molecule has 1 amide bonds. The molecular formula is C49H62N4O5. The normalized spacial score (nSPS) is 33.7. The number of benzene rings is 2. The first-order valence-electron chi connectivity index (χ1n) is 21.7. The van der Waals surface area contributed by atoms with Crippen molar-refractivity contribution in [2.45, 2.75) is 115 Å². The van der Waals surface area contributed by atoms with Gasteiger partial charge < -0.3 is 31.1 Å². The van der Waals surface area contributed by atoms with E-state index in [4.69, 9.17) is 4.98 Å². The summed E-state index contributed by atoms with van der Waals surface area (Å²) in [5.74, 6) is 1.37. The maximum atomic E-state index is 14.0. The van der Waals surface area contributed by atoms with Gasteiger partial charge in [-0.3, -0.25) is 9.78 Å². The van der Waals surface area contributed by atoms with Gasteiger partial charge in [-0.15, -0.1) is 0 Å². The van der Waals surface area contributed by atoms with Crippen molar-refractivity contribution in [2.24, 2.45) is 46.3 Å². The van der Waals surface area contributed by atoms with Crippen molar-refractivity contribution in [3.63, 3.8) is 0 Å². The van der Waals surface area contributed by atoms with Gasteiger partial charge >= 0.3 is 0 Å². The highest BCUT2D eigenvalue weighted by Gasteiger charge is 2.65. The minimum absolute atomic E-state index is 0.0346. The van der Waals surface area contributed by atoms with Gasteiger partial charge in [-0.1, -0.05) is 81.4 Å². The number of para-hydroxylation sites is 1. The number of nitrogens with zero attached hydrogens (tertiary/aromatic N) is 2. The Balaban J connectivity index is 1.01. The number of amides is 1. The first-order valence-corrected chi connectivity index (χ1v) is 21.7. The van der Waals surface area contributed by atoms with Crippen LogP contribution in [0.2, 0.25) is 0 Å². The molecule has 10 unspecified atom stereocenters. The molecule has 0 spiro atoms. The van der Waals surface area contributed by atoms with Crippen molar-refractivity contribution < 1.29 is 25.2 Å². The first-order chi connectivity index (χ1) is 28.0. The molecule has 0 bridgehead atoms. The highest BCUT2D eigenvalue weighted by Crippen LogP contribution is 2.68. The Bertz CT molecular complexity index is 1990. The van der Waals surface area contributed by atoms with E-state index in [0.717, 1.165) is 49.7 Å². The predicted molar refractivity (Wildman–Crippen MR) is 226 cm³/mol. The number of fused-ring (bicyclic) bond motifs is 5. The average molecular weight is 787 g/mol. The number of pyridine rings is 2. The Labute approximate surface area is 343 Å². The lowest BCUT2D eigenvalue weighted by Gasteiger charge is -2.63. The van der Waals surface area contributed by atoms with Crippen LogP contribution in [0.1, 0.15) is 113 Å². The fraction of sp³-hybridized carbons (Fsp3) is 0.531. The van der Waals surface area contributed by atoms with Crippen LogP contribution < -0.4 is 10.6 Å². The average Bonchev–Trinajstić information content (AvgIpc) is 3.60. The van der Waals surface area contributed by atoms with Crippen LogP contribution in [0.15, 0.2) is 103 Å². The van der Waals surface area contributed by atoms with Gasteiger partial charge in [0.05, 0.1) is 36.4 Å². The number of aliphatic hydroxyl groups is 4. The largest absolute Gasteiger partial charge is 0.393 e. The molecule has 4 aliphatic rings. The zero-order valence-electron chi connectivity index (χ0n) is 34.2. The van der Waals surface area contributed by atoms with Crippen LogP contribution in [0.3, 0.4) is 0 Å². The number of anilines is 2. The summed E-state index contributed by atoms with van der Waals surface area (Å²) < 4.78 is 0. The zero-order chi connectivity index (χ0) is 40.6. The van der Waals surface area contributed by atoms with Gasteiger partial charge in [0, 0.05) is 30.2 Å². The smallest absolute Gasteiger partial charge is 0.224 e. The summed E-state index contributed by atoms with van der Waals surface area (Å²) in [7, 11) is 0. The fourth-order valence-electron chi connectivity index (χ4n) is 12.7. The van der Waals surface area contributed by atoms with E-state index < -0.39 is 30.3 Å². The van der Waals surface area contributed by atoms with Crippen molar-refractivity contribution >= 4 is 17.4 Å². The molecule has 0 saturated heterocycles. The number of rotatable bonds is 12. The van der Waals surface area contributed by atoms with Crippen LogP contribution in [0.5, 0.6) is 0 Å². The Kier molecular flexibility index (Phi) is 11.8. The summed E-state index contributed by atoms with van der Waals surface area (Å²) >= 11 is 0. The van der Waals surface area contributed by atoms with Crippen molar-refractivity contribution in [1.82, 2.24) is 9.97 Å². The third-order valence-electron chi connectivity index (χ3n) is 15.8. The summed E-state index contributed by atoms with van der Waals surface area (Å²) in [6.45, 7) is 6.88. The molecule has 0 aliphatic heterocycles. The zero-order valence-corrected chi connectivity index (χ0v) is 34.2. The number of aliphatic hydroxyl groups excluding tert-OH is 4. The van der Waals surface area contributed by atoms with E-state index in [1.165, 1.54) is 0 Å². The number of aromatic nitrogens is 2. The molecule has 4 aliphatic carbocycles. The lowest BCUT2D eigenvalue weighted by molar-refractivity contribution is -0.207. The summed E-state index contributed by atoms with van der Waals surface area (Å²) in [5, 5.41) is 53.3. The Morgan fingerprint density at radius 3 is 2.29 bits per heavy atom. The molecule has 58 heavy (non-hydrogen) atoms. The van der Waals surface area contributed by atoms with Crippen LogP contribution in [-0.2, 0) is 4.79 Å². The van der Waals surface area contributed by atoms with Crippen LogP contribution in [0.4, 0.5) is 11.5 Å². The van der Waals surface area contributed by atoms with Crippen LogP contribution in [0, 0.1) is 46.3 Å². The van der Waals surface area contributed by atoms with Crippen molar-refractivity contribution in [1.29, 1.82) is 0 Å². The van der Waals surface area contributed by atoms with E-state index in [0.29, 0.717) is 42.4 Å². The minimum Gasteiger partial charge on any atom is -0.393 e. The second-order valence-electron chi connectivity index (χ2n) is 18.6. The molecule has 2 aromatic heterocycles. The monoisotopic (exact) mass is 786 g/mol. The number of carbonyl (C=O) groups excluding carboxylic acids is 1. The second kappa shape index (κ2) is 16.8. The maximum absolute atomic E-state index is 14.0. The van der Waals surface area contributed by atoms with E-state index in [1.54, 1.807) is 12.4 Å². The number of carbonyl (C=O) groups is 1. The second-order valence-corrected chi connectivity index (χ2v) is 18.6. The van der Waals surface area contributed by atoms with Gasteiger partial charge in [0.15, 0.2) is 0 Å². The summed E-state index contributed by atoms with van der Waals surface area (Å²) in [6.07, 6.45) is 8.30. The summed E-state index contributed by atoms with van der Waals surface area (Å²) in [5.41, 5.74) is 2.63. The molecule has 4 fully saturated rings. The van der Waals surface area contributed by atoms with E-state index in [2.05, 4.69) is 36.4 Å². The van der Waals surface area contributed by atoms with Gasteiger partial charge in [-0.05, 0) is 139 Å². The van der Waals surface area contributed by atoms with Gasteiger partial charge in [-0.25, -0.2) is 4.98 Å². The van der Waals surface area contributed by atoms with E-state index in [9.17, 15) is 25.2 Å². The molecular weight excluding hydrogens is 725 g/mol. The van der Waals surface area contributed by atoms with Crippen molar-refractivity contribution in [3.8, 4) is 0 Å². The standard InChI is InChI=1S/C49H62N4O5/c1-30(35-20-21-36-44-37(29-41(56)49(35,36)3)48(2)24-23-33(54)27-32(48)28-40(44)55)19-22-43(57)52-38-16-8-7-15-34(38)46(53-42-18-10-12-26-51-42)45(39-17-9-11-25-50-39)47(58)31-13-5-4-6-14-31/h4-18,25-26,30,32-33,35-37,40-41,44-47,54-56,58H,19-24,27-29H2,1-3H3,(H,51,53)(H,52,57)/t30?,32?,33?,35?,36?,37?,40-,41-,44?,45?,46?,47?,48-,49+/m0/s1. The molecule has 6 N–H and O–H groups in total. The van der Waals surface area contributed by atoms with E-state index in [1.807, 2.05) is 91.0 Å². The topological polar surface area (TPSA) is 148 Å². The molecule has 0 radical (unpaired) electrons. The Hall–Kier alpha value is -4.15. The molecule has 14 atom stereocenters. The number of nitrogens with one attached hydrogen (secondary N) is 2. The highest BCUT2D eigenvalue weighted by atomic mass is 16.3. The lowest BCUT2D eigenvalue weighted by atomic mass is 9.43. The van der Waals surface area contributed by atoms with E-state index >= 15 is 0 Å². The summed E-state index contributed by atoms with van der Waals surface area (Å²) in [6, 6.07) is 28.2. The SMILES string of the molecule is CC(CCC(=O)Nc1ccccc1C(Nc1ccccn1)C(c1ccccn1)C(O)c1ccccc1)C1CCC2C3C(C[C@H](O)[C@]12C)[C@@]1(C)CCC(O)CC1C[C@@H]3O. The van der Waals surface area contributed by atoms with Crippen molar-refractivity contribution in [3.05, 3.63) is 120 Å². The fourth-order valence-corrected chi connectivity index (χ4v) is 12.7. The molecule has 9 nitrogen and oxygen atoms in total. The lowest BCUT2D eigenvalue weighted by Crippen LogP contribution is -2.62. The molecule has 9 heteroatoms.